The normalized spacial score (nSPS) is 11.6. The highest BCUT2D eigenvalue weighted by molar-refractivity contribution is 6.12. The lowest BCUT2D eigenvalue weighted by atomic mass is 10.00. The molecule has 0 aliphatic heterocycles. The van der Waals surface area contributed by atoms with E-state index in [-0.39, 0.29) is 17.7 Å². The zero-order chi connectivity index (χ0) is 14.8. The first-order chi connectivity index (χ1) is 9.45. The first kappa shape index (κ1) is 14.4. The Morgan fingerprint density at radius 1 is 1.15 bits per heavy atom. The maximum absolute atomic E-state index is 12.8. The Bertz CT molecular complexity index is 633. The molecule has 20 heavy (non-hydrogen) atoms. The van der Waals surface area contributed by atoms with Crippen molar-refractivity contribution < 1.29 is 22.7 Å². The van der Waals surface area contributed by atoms with Gasteiger partial charge in [0.1, 0.15) is 5.75 Å². The number of ketones is 1. The fraction of sp³-hybridized carbons (Fsp3) is 0.267. The molecule has 2 aromatic carbocycles. The molecular formula is C15H13F3O2. The monoisotopic (exact) mass is 282 g/mol. The van der Waals surface area contributed by atoms with Crippen molar-refractivity contribution in [2.24, 2.45) is 0 Å². The number of benzene rings is 2. The van der Waals surface area contributed by atoms with E-state index >= 15 is 0 Å². The molecule has 0 aromatic heterocycles. The Morgan fingerprint density at radius 2 is 1.85 bits per heavy atom. The third-order valence-corrected chi connectivity index (χ3v) is 2.84. The van der Waals surface area contributed by atoms with Crippen LogP contribution >= 0.6 is 0 Å². The fourth-order valence-electron chi connectivity index (χ4n) is 1.96. The van der Waals surface area contributed by atoms with E-state index in [2.05, 4.69) is 0 Å². The van der Waals surface area contributed by atoms with Gasteiger partial charge in [-0.15, -0.1) is 0 Å². The molecule has 2 nitrogen and oxygen atoms in total. The van der Waals surface area contributed by atoms with Gasteiger partial charge >= 0.3 is 6.18 Å². The summed E-state index contributed by atoms with van der Waals surface area (Å²) in [6.07, 6.45) is -4.28. The lowest BCUT2D eigenvalue weighted by Crippen LogP contribution is -2.23. The first-order valence-electron chi connectivity index (χ1n) is 6.21. The summed E-state index contributed by atoms with van der Waals surface area (Å²) >= 11 is 0. The minimum Gasteiger partial charge on any atom is -0.493 e. The van der Waals surface area contributed by atoms with E-state index in [9.17, 15) is 18.0 Å². The van der Waals surface area contributed by atoms with E-state index in [0.29, 0.717) is 11.8 Å². The van der Waals surface area contributed by atoms with Gasteiger partial charge in [0.2, 0.25) is 0 Å². The van der Waals surface area contributed by atoms with E-state index in [1.165, 1.54) is 12.1 Å². The van der Waals surface area contributed by atoms with Gasteiger partial charge in [-0.3, -0.25) is 4.79 Å². The molecule has 0 bridgehead atoms. The molecule has 0 aliphatic rings. The predicted molar refractivity (Wildman–Crippen MR) is 70.1 cm³/mol. The summed E-state index contributed by atoms with van der Waals surface area (Å²) in [5.74, 6) is -1.90. The van der Waals surface area contributed by atoms with Crippen molar-refractivity contribution in [1.82, 2.24) is 0 Å². The molecule has 0 spiro atoms. The summed E-state index contributed by atoms with van der Waals surface area (Å²) in [7, 11) is 0. The number of Topliss-reactive ketones (excluding diaryl/α,β-unsaturated/α-hetero) is 1. The van der Waals surface area contributed by atoms with Gasteiger partial charge in [0.05, 0.1) is 12.2 Å². The molecule has 2 aromatic rings. The second-order valence-corrected chi connectivity index (χ2v) is 4.34. The fourth-order valence-corrected chi connectivity index (χ4v) is 1.96. The number of carbonyl (C=O) groups is 1. The molecule has 0 fully saturated rings. The molecule has 0 saturated heterocycles. The molecule has 0 amide bonds. The van der Waals surface area contributed by atoms with Gasteiger partial charge in [-0.1, -0.05) is 37.3 Å². The molecule has 0 atom stereocenters. The van der Waals surface area contributed by atoms with Gasteiger partial charge in [-0.05, 0) is 23.3 Å². The second-order valence-electron chi connectivity index (χ2n) is 4.34. The number of halogens is 3. The number of hydrogen-bond acceptors (Lipinski definition) is 2. The zero-order valence-electron chi connectivity index (χ0n) is 10.8. The van der Waals surface area contributed by atoms with E-state index < -0.39 is 17.5 Å². The lowest BCUT2D eigenvalue weighted by molar-refractivity contribution is -0.0885. The van der Waals surface area contributed by atoms with Gasteiger partial charge in [-0.25, -0.2) is 0 Å². The second kappa shape index (κ2) is 5.53. The van der Waals surface area contributed by atoms with Crippen LogP contribution in [0.1, 0.15) is 23.7 Å². The Morgan fingerprint density at radius 3 is 2.50 bits per heavy atom. The molecule has 0 radical (unpaired) electrons. The Hall–Kier alpha value is -2.04. The molecule has 0 heterocycles. The van der Waals surface area contributed by atoms with Crippen molar-refractivity contribution in [1.29, 1.82) is 0 Å². The summed E-state index contributed by atoms with van der Waals surface area (Å²) in [5.41, 5.74) is -0.413. The first-order valence-corrected chi connectivity index (χ1v) is 6.21. The highest BCUT2D eigenvalue weighted by Gasteiger charge is 2.41. The third-order valence-electron chi connectivity index (χ3n) is 2.84. The van der Waals surface area contributed by atoms with Crippen LogP contribution in [0.25, 0.3) is 10.8 Å². The Labute approximate surface area is 114 Å². The summed E-state index contributed by atoms with van der Waals surface area (Å²) in [6.45, 7) is 2.10. The van der Waals surface area contributed by atoms with Gasteiger partial charge in [-0.2, -0.15) is 13.2 Å². The Balaban J connectivity index is 2.64. The lowest BCUT2D eigenvalue weighted by Gasteiger charge is -2.14. The quantitative estimate of drug-likeness (QED) is 0.778. The summed E-state index contributed by atoms with van der Waals surface area (Å²) in [5, 5.41) is 0.826. The summed E-state index contributed by atoms with van der Waals surface area (Å²) in [6, 6.07) is 9.51. The maximum Gasteiger partial charge on any atom is 0.455 e. The van der Waals surface area contributed by atoms with E-state index in [1.807, 2.05) is 6.92 Å². The van der Waals surface area contributed by atoms with Crippen LogP contribution in [0.15, 0.2) is 36.4 Å². The molecule has 0 N–H and O–H groups in total. The van der Waals surface area contributed by atoms with Crippen LogP contribution in [0.3, 0.4) is 0 Å². The van der Waals surface area contributed by atoms with Gasteiger partial charge in [0.25, 0.3) is 5.78 Å². The smallest absolute Gasteiger partial charge is 0.455 e. The van der Waals surface area contributed by atoms with Crippen molar-refractivity contribution in [2.75, 3.05) is 6.61 Å². The number of rotatable bonds is 4. The number of fused-ring (bicyclic) bond motifs is 1. The summed E-state index contributed by atoms with van der Waals surface area (Å²) < 4.78 is 43.6. The standard InChI is InChI=1S/C15H13F3O2/c1-2-9-20-12-8-7-10-5-3-4-6-11(10)13(12)14(19)15(16,17)18/h3-8H,2,9H2,1H3. The Kier molecular flexibility index (Phi) is 3.97. The molecule has 0 unspecified atom stereocenters. The average Bonchev–Trinajstić information content (AvgIpc) is 2.42. The van der Waals surface area contributed by atoms with Crippen LogP contribution in [0, 0.1) is 0 Å². The van der Waals surface area contributed by atoms with Crippen molar-refractivity contribution >= 4 is 16.6 Å². The molecule has 2 rings (SSSR count). The topological polar surface area (TPSA) is 26.3 Å². The number of ether oxygens (including phenoxy) is 1. The van der Waals surface area contributed by atoms with Gasteiger partial charge in [0, 0.05) is 0 Å². The summed E-state index contributed by atoms with van der Waals surface area (Å²) in [4.78, 5) is 11.7. The minimum absolute atomic E-state index is 0.0205. The van der Waals surface area contributed by atoms with Crippen molar-refractivity contribution in [3.8, 4) is 5.75 Å². The molecular weight excluding hydrogens is 269 g/mol. The molecule has 5 heteroatoms. The number of alkyl halides is 3. The predicted octanol–water partition coefficient (Wildman–Crippen LogP) is 4.37. The molecule has 106 valence electrons. The molecule has 0 aliphatic carbocycles. The van der Waals surface area contributed by atoms with Gasteiger partial charge in [0.15, 0.2) is 0 Å². The van der Waals surface area contributed by atoms with Crippen LogP contribution in [0.2, 0.25) is 0 Å². The van der Waals surface area contributed by atoms with Gasteiger partial charge < -0.3 is 4.74 Å². The largest absolute Gasteiger partial charge is 0.493 e. The van der Waals surface area contributed by atoms with Crippen LogP contribution in [0.4, 0.5) is 13.2 Å². The highest BCUT2D eigenvalue weighted by Crippen LogP contribution is 2.33. The van der Waals surface area contributed by atoms with Crippen LogP contribution in [-0.2, 0) is 0 Å². The number of hydrogen-bond donors (Lipinski definition) is 0. The van der Waals surface area contributed by atoms with Crippen LogP contribution in [0.5, 0.6) is 5.75 Å². The SMILES string of the molecule is CCCOc1ccc2ccccc2c1C(=O)C(F)(F)F. The minimum atomic E-state index is -4.92. The molecule has 0 saturated carbocycles. The van der Waals surface area contributed by atoms with E-state index in [1.54, 1.807) is 24.3 Å². The van der Waals surface area contributed by atoms with Crippen LogP contribution < -0.4 is 4.74 Å². The van der Waals surface area contributed by atoms with Crippen molar-refractivity contribution in [3.05, 3.63) is 42.0 Å². The zero-order valence-corrected chi connectivity index (χ0v) is 10.8. The maximum atomic E-state index is 12.8. The highest BCUT2D eigenvalue weighted by atomic mass is 19.4. The van der Waals surface area contributed by atoms with Crippen molar-refractivity contribution in [3.63, 3.8) is 0 Å². The van der Waals surface area contributed by atoms with E-state index in [4.69, 9.17) is 4.74 Å². The van der Waals surface area contributed by atoms with E-state index in [0.717, 1.165) is 0 Å². The number of carbonyl (C=O) groups excluding carboxylic acids is 1. The average molecular weight is 282 g/mol. The van der Waals surface area contributed by atoms with Crippen molar-refractivity contribution in [2.45, 2.75) is 19.5 Å². The van der Waals surface area contributed by atoms with Crippen LogP contribution in [-0.4, -0.2) is 18.6 Å². The third kappa shape index (κ3) is 2.76.